The molecular weight excluding hydrogens is 336 g/mol. The minimum atomic E-state index is -0.683. The number of nitrogens with one attached hydrogen (secondary N) is 1. The van der Waals surface area contributed by atoms with Crippen molar-refractivity contribution in [3.63, 3.8) is 0 Å². The zero-order valence-corrected chi connectivity index (χ0v) is 14.4. The minimum absolute atomic E-state index is 0.106. The first-order valence-electron chi connectivity index (χ1n) is 8.01. The van der Waals surface area contributed by atoms with Crippen LogP contribution in [0.5, 0.6) is 0 Å². The molecule has 2 aromatic heterocycles. The highest BCUT2D eigenvalue weighted by Gasteiger charge is 2.22. The van der Waals surface area contributed by atoms with Gasteiger partial charge >= 0.3 is 5.69 Å². The maximum absolute atomic E-state index is 12.5. The van der Waals surface area contributed by atoms with E-state index in [2.05, 4.69) is 15.5 Å². The van der Waals surface area contributed by atoms with Crippen molar-refractivity contribution >= 4 is 17.3 Å². The summed E-state index contributed by atoms with van der Waals surface area (Å²) in [7, 11) is 0. The Balaban J connectivity index is 1.71. The summed E-state index contributed by atoms with van der Waals surface area (Å²) in [6.07, 6.45) is 4.84. The quantitative estimate of drug-likeness (QED) is 0.540. The van der Waals surface area contributed by atoms with Crippen LogP contribution in [0.2, 0.25) is 0 Å². The molecule has 26 heavy (non-hydrogen) atoms. The minimum Gasteiger partial charge on any atom is -0.324 e. The Morgan fingerprint density at radius 2 is 2.19 bits per heavy atom. The molecule has 0 aliphatic heterocycles. The molecular formula is C17H18N6O3. The summed E-state index contributed by atoms with van der Waals surface area (Å²) >= 11 is 0. The fourth-order valence-electron chi connectivity index (χ4n) is 2.54. The van der Waals surface area contributed by atoms with Crippen LogP contribution in [0.4, 0.5) is 11.4 Å². The Hall–Kier alpha value is -3.49. The van der Waals surface area contributed by atoms with Gasteiger partial charge in [0.25, 0.3) is 0 Å². The van der Waals surface area contributed by atoms with Crippen molar-refractivity contribution in [3.05, 3.63) is 70.3 Å². The van der Waals surface area contributed by atoms with Gasteiger partial charge in [-0.15, -0.1) is 0 Å². The average Bonchev–Trinajstić information content (AvgIpc) is 3.24. The van der Waals surface area contributed by atoms with Gasteiger partial charge in [-0.1, -0.05) is 12.1 Å². The molecule has 3 rings (SSSR count). The molecule has 0 saturated carbocycles. The molecule has 2 heterocycles. The zero-order chi connectivity index (χ0) is 18.7. The molecule has 1 amide bonds. The normalized spacial score (nSPS) is 11.9. The molecule has 1 atom stereocenters. The Kier molecular flexibility index (Phi) is 4.78. The van der Waals surface area contributed by atoms with Gasteiger partial charge in [0.2, 0.25) is 5.91 Å². The monoisotopic (exact) mass is 354 g/mol. The van der Waals surface area contributed by atoms with E-state index in [1.165, 1.54) is 17.8 Å². The third-order valence-electron chi connectivity index (χ3n) is 3.96. The Morgan fingerprint density at radius 1 is 1.38 bits per heavy atom. The van der Waals surface area contributed by atoms with Crippen LogP contribution in [0, 0.1) is 17.0 Å². The molecule has 0 fully saturated rings. The van der Waals surface area contributed by atoms with E-state index in [0.29, 0.717) is 12.2 Å². The number of anilines is 1. The van der Waals surface area contributed by atoms with E-state index < -0.39 is 11.0 Å². The molecule has 9 heteroatoms. The summed E-state index contributed by atoms with van der Waals surface area (Å²) in [6, 6.07) is 8.61. The third-order valence-corrected chi connectivity index (χ3v) is 3.96. The number of rotatable bonds is 6. The summed E-state index contributed by atoms with van der Waals surface area (Å²) in [5, 5.41) is 22.0. The van der Waals surface area contributed by atoms with Crippen molar-refractivity contribution in [1.29, 1.82) is 0 Å². The summed E-state index contributed by atoms with van der Waals surface area (Å²) in [6.45, 7) is 3.77. The Bertz CT molecular complexity index is 932. The third kappa shape index (κ3) is 3.77. The van der Waals surface area contributed by atoms with E-state index in [4.69, 9.17) is 0 Å². The average molecular weight is 354 g/mol. The first kappa shape index (κ1) is 17.3. The maximum Gasteiger partial charge on any atom is 0.309 e. The van der Waals surface area contributed by atoms with Crippen molar-refractivity contribution in [2.45, 2.75) is 26.4 Å². The molecule has 0 saturated heterocycles. The van der Waals surface area contributed by atoms with Gasteiger partial charge in [-0.25, -0.2) is 0 Å². The number of nitro groups is 1. The van der Waals surface area contributed by atoms with E-state index >= 15 is 0 Å². The first-order chi connectivity index (χ1) is 12.4. The van der Waals surface area contributed by atoms with Crippen LogP contribution in [0.15, 0.2) is 48.9 Å². The van der Waals surface area contributed by atoms with Gasteiger partial charge in [0.05, 0.1) is 11.5 Å². The van der Waals surface area contributed by atoms with E-state index in [0.717, 1.165) is 5.56 Å². The van der Waals surface area contributed by atoms with Crippen LogP contribution < -0.4 is 5.32 Å². The topological polar surface area (TPSA) is 108 Å². The van der Waals surface area contributed by atoms with Crippen LogP contribution in [0.3, 0.4) is 0 Å². The lowest BCUT2D eigenvalue weighted by molar-refractivity contribution is -0.385. The van der Waals surface area contributed by atoms with E-state index in [-0.39, 0.29) is 17.3 Å². The molecule has 0 bridgehead atoms. The van der Waals surface area contributed by atoms with Crippen molar-refractivity contribution in [2.24, 2.45) is 0 Å². The van der Waals surface area contributed by atoms with Crippen molar-refractivity contribution in [3.8, 4) is 0 Å². The van der Waals surface area contributed by atoms with E-state index in [1.807, 2.05) is 30.5 Å². The van der Waals surface area contributed by atoms with Gasteiger partial charge in [0.15, 0.2) is 0 Å². The van der Waals surface area contributed by atoms with E-state index in [9.17, 15) is 14.9 Å². The number of nitrogens with zero attached hydrogens (tertiary/aromatic N) is 5. The summed E-state index contributed by atoms with van der Waals surface area (Å²) in [5.41, 5.74) is 1.80. The lowest BCUT2D eigenvalue weighted by atomic mass is 10.2. The lowest BCUT2D eigenvalue weighted by Crippen LogP contribution is -2.24. The number of carbonyl (C=O) groups excluding carboxylic acids is 1. The molecule has 0 aliphatic rings. The predicted octanol–water partition coefficient (Wildman–Crippen LogP) is 2.54. The zero-order valence-electron chi connectivity index (χ0n) is 14.4. The standard InChI is InChI=1S/C17H18N6O3/c1-12-16(23(25)26)11-22(20-12)13(2)17(24)19-15-6-3-5-14(9-15)10-21-8-4-7-18-21/h3-9,11,13H,10H2,1-2H3,(H,19,24). The lowest BCUT2D eigenvalue weighted by Gasteiger charge is -2.13. The number of aromatic nitrogens is 4. The van der Waals surface area contributed by atoms with Crippen LogP contribution >= 0.6 is 0 Å². The fraction of sp³-hybridized carbons (Fsp3) is 0.235. The second-order valence-electron chi connectivity index (χ2n) is 5.91. The second kappa shape index (κ2) is 7.18. The molecule has 9 nitrogen and oxygen atoms in total. The molecule has 1 N–H and O–H groups in total. The van der Waals surface area contributed by atoms with Gasteiger partial charge in [-0.2, -0.15) is 10.2 Å². The molecule has 0 spiro atoms. The highest BCUT2D eigenvalue weighted by Crippen LogP contribution is 2.20. The predicted molar refractivity (Wildman–Crippen MR) is 94.7 cm³/mol. The largest absolute Gasteiger partial charge is 0.324 e. The van der Waals surface area contributed by atoms with Gasteiger partial charge in [0, 0.05) is 18.1 Å². The SMILES string of the molecule is Cc1nn(C(C)C(=O)Nc2cccc(Cn3cccn3)c2)cc1[N+](=O)[O-]. The second-order valence-corrected chi connectivity index (χ2v) is 5.91. The summed E-state index contributed by atoms with van der Waals surface area (Å²) in [5.74, 6) is -0.307. The van der Waals surface area contributed by atoms with Gasteiger partial charge < -0.3 is 5.32 Å². The van der Waals surface area contributed by atoms with Crippen LogP contribution in [0.25, 0.3) is 0 Å². The number of aryl methyl sites for hydroxylation is 1. The summed E-state index contributed by atoms with van der Waals surface area (Å²) < 4.78 is 3.09. The van der Waals surface area contributed by atoms with Crippen molar-refractivity contribution < 1.29 is 9.72 Å². The Labute approximate surface area is 149 Å². The van der Waals surface area contributed by atoms with E-state index in [1.54, 1.807) is 23.9 Å². The Morgan fingerprint density at radius 3 is 2.85 bits per heavy atom. The molecule has 0 radical (unpaired) electrons. The fourth-order valence-corrected chi connectivity index (χ4v) is 2.54. The first-order valence-corrected chi connectivity index (χ1v) is 8.01. The number of carbonyl (C=O) groups is 1. The molecule has 1 aromatic carbocycles. The van der Waals surface area contributed by atoms with Gasteiger partial charge in [-0.3, -0.25) is 24.3 Å². The number of hydrogen-bond acceptors (Lipinski definition) is 5. The smallest absolute Gasteiger partial charge is 0.309 e. The molecule has 134 valence electrons. The van der Waals surface area contributed by atoms with Crippen LogP contribution in [-0.4, -0.2) is 30.4 Å². The molecule has 0 aliphatic carbocycles. The summed E-state index contributed by atoms with van der Waals surface area (Å²) in [4.78, 5) is 22.9. The van der Waals surface area contributed by atoms with Crippen molar-refractivity contribution in [2.75, 3.05) is 5.32 Å². The van der Waals surface area contributed by atoms with Gasteiger partial charge in [0.1, 0.15) is 17.9 Å². The number of benzene rings is 1. The van der Waals surface area contributed by atoms with Crippen LogP contribution in [-0.2, 0) is 11.3 Å². The highest BCUT2D eigenvalue weighted by molar-refractivity contribution is 5.93. The van der Waals surface area contributed by atoms with Crippen molar-refractivity contribution in [1.82, 2.24) is 19.6 Å². The maximum atomic E-state index is 12.5. The highest BCUT2D eigenvalue weighted by atomic mass is 16.6. The van der Waals surface area contributed by atoms with Gasteiger partial charge in [-0.05, 0) is 37.6 Å². The number of amides is 1. The molecule has 3 aromatic rings. The number of hydrogen-bond donors (Lipinski definition) is 1. The van der Waals surface area contributed by atoms with Crippen LogP contribution in [0.1, 0.15) is 24.2 Å². The molecule has 1 unspecified atom stereocenters.